The van der Waals surface area contributed by atoms with Crippen molar-refractivity contribution in [1.82, 2.24) is 15.2 Å². The largest absolute Gasteiger partial charge is 0.465 e. The van der Waals surface area contributed by atoms with Crippen molar-refractivity contribution in [2.45, 2.75) is 18.9 Å². The fraction of sp³-hybridized carbons (Fsp3) is 0.261. The predicted octanol–water partition coefficient (Wildman–Crippen LogP) is 2.99. The number of carbonyl (C=O) groups excluding carboxylic acids is 3. The van der Waals surface area contributed by atoms with E-state index in [0.29, 0.717) is 42.8 Å². The summed E-state index contributed by atoms with van der Waals surface area (Å²) < 4.78 is 4.67. The van der Waals surface area contributed by atoms with Crippen LogP contribution >= 0.6 is 0 Å². The van der Waals surface area contributed by atoms with Gasteiger partial charge in [0.1, 0.15) is 5.69 Å². The molecule has 0 unspecified atom stereocenters. The highest BCUT2D eigenvalue weighted by Crippen LogP contribution is 2.17. The molecule has 1 saturated heterocycles. The van der Waals surface area contributed by atoms with Crippen molar-refractivity contribution in [1.29, 1.82) is 0 Å². The highest BCUT2D eigenvalue weighted by molar-refractivity contribution is 5.98. The van der Waals surface area contributed by atoms with Crippen molar-refractivity contribution >= 4 is 28.7 Å². The molecule has 2 aromatic carbocycles. The number of likely N-dealkylation sites (tertiary alicyclic amines) is 1. The van der Waals surface area contributed by atoms with Gasteiger partial charge < -0.3 is 19.9 Å². The molecule has 0 radical (unpaired) electrons. The lowest BCUT2D eigenvalue weighted by atomic mass is 10.0. The van der Waals surface area contributed by atoms with Crippen LogP contribution in [0.25, 0.3) is 10.9 Å². The van der Waals surface area contributed by atoms with Crippen molar-refractivity contribution in [3.05, 3.63) is 71.4 Å². The number of H-pyrrole nitrogens is 1. The van der Waals surface area contributed by atoms with Crippen LogP contribution in [-0.2, 0) is 4.74 Å². The smallest absolute Gasteiger partial charge is 0.337 e. The lowest BCUT2D eigenvalue weighted by molar-refractivity contribution is 0.0598. The Morgan fingerprint density at radius 2 is 1.67 bits per heavy atom. The number of hydrogen-bond acceptors (Lipinski definition) is 4. The first-order chi connectivity index (χ1) is 14.5. The number of nitrogens with one attached hydrogen (secondary N) is 2. The highest BCUT2D eigenvalue weighted by atomic mass is 16.5. The van der Waals surface area contributed by atoms with Crippen molar-refractivity contribution in [2.75, 3.05) is 20.2 Å². The molecule has 7 nitrogen and oxygen atoms in total. The number of methoxy groups -OCH3 is 1. The van der Waals surface area contributed by atoms with Crippen molar-refractivity contribution < 1.29 is 19.1 Å². The number of amides is 2. The van der Waals surface area contributed by atoms with Crippen molar-refractivity contribution in [3.63, 3.8) is 0 Å². The number of para-hydroxylation sites is 1. The van der Waals surface area contributed by atoms with Gasteiger partial charge in [0.05, 0.1) is 12.7 Å². The first-order valence-electron chi connectivity index (χ1n) is 9.91. The van der Waals surface area contributed by atoms with E-state index in [9.17, 15) is 14.4 Å². The molecule has 1 aliphatic heterocycles. The van der Waals surface area contributed by atoms with Gasteiger partial charge in [-0.1, -0.05) is 18.2 Å². The van der Waals surface area contributed by atoms with Crippen LogP contribution in [0.2, 0.25) is 0 Å². The Bertz CT molecular complexity index is 1050. The third-order valence-corrected chi connectivity index (χ3v) is 5.44. The van der Waals surface area contributed by atoms with Gasteiger partial charge in [0.15, 0.2) is 0 Å². The second-order valence-electron chi connectivity index (χ2n) is 7.38. The molecule has 2 heterocycles. The van der Waals surface area contributed by atoms with Crippen LogP contribution in [0.3, 0.4) is 0 Å². The summed E-state index contributed by atoms with van der Waals surface area (Å²) in [6.45, 7) is 1.13. The van der Waals surface area contributed by atoms with E-state index in [1.54, 1.807) is 29.2 Å². The topological polar surface area (TPSA) is 91.5 Å². The molecule has 2 N–H and O–H groups in total. The maximum Gasteiger partial charge on any atom is 0.337 e. The quantitative estimate of drug-likeness (QED) is 0.653. The van der Waals surface area contributed by atoms with Crippen LogP contribution in [0.4, 0.5) is 0 Å². The van der Waals surface area contributed by atoms with Gasteiger partial charge in [-0.3, -0.25) is 9.59 Å². The van der Waals surface area contributed by atoms with Crippen molar-refractivity contribution in [3.8, 4) is 0 Å². The van der Waals surface area contributed by atoms with Crippen LogP contribution in [0.15, 0.2) is 54.6 Å². The van der Waals surface area contributed by atoms with Gasteiger partial charge in [-0.05, 0) is 49.2 Å². The molecule has 3 aromatic rings. The molecule has 1 aliphatic rings. The molecule has 0 aliphatic carbocycles. The lowest BCUT2D eigenvalue weighted by Gasteiger charge is -2.32. The van der Waals surface area contributed by atoms with E-state index < -0.39 is 5.97 Å². The molecule has 1 fully saturated rings. The molecule has 7 heteroatoms. The third-order valence-electron chi connectivity index (χ3n) is 5.44. The molecular formula is C23H23N3O4. The molecule has 1 aromatic heterocycles. The van der Waals surface area contributed by atoms with Crippen LogP contribution in [0.5, 0.6) is 0 Å². The van der Waals surface area contributed by atoms with Gasteiger partial charge in [0, 0.05) is 35.6 Å². The first kappa shape index (κ1) is 19.7. The second-order valence-corrected chi connectivity index (χ2v) is 7.38. The zero-order chi connectivity index (χ0) is 21.1. The Balaban J connectivity index is 1.32. The number of benzene rings is 2. The van der Waals surface area contributed by atoms with Gasteiger partial charge >= 0.3 is 5.97 Å². The number of carbonyl (C=O) groups is 3. The number of ether oxygens (including phenoxy) is 1. The monoisotopic (exact) mass is 405 g/mol. The molecular weight excluding hydrogens is 382 g/mol. The number of aromatic nitrogens is 1. The normalized spacial score (nSPS) is 14.5. The minimum absolute atomic E-state index is 0.0228. The Hall–Kier alpha value is -3.61. The average Bonchev–Trinajstić information content (AvgIpc) is 3.23. The number of aromatic amines is 1. The van der Waals surface area contributed by atoms with Gasteiger partial charge in [-0.2, -0.15) is 0 Å². The van der Waals surface area contributed by atoms with Gasteiger partial charge in [-0.25, -0.2) is 4.79 Å². The molecule has 4 rings (SSSR count). The van der Waals surface area contributed by atoms with Crippen LogP contribution in [0, 0.1) is 0 Å². The summed E-state index contributed by atoms with van der Waals surface area (Å²) in [6, 6.07) is 16.1. The van der Waals surface area contributed by atoms with E-state index >= 15 is 0 Å². The number of hydrogen-bond donors (Lipinski definition) is 2. The molecule has 30 heavy (non-hydrogen) atoms. The Kier molecular flexibility index (Phi) is 5.52. The summed E-state index contributed by atoms with van der Waals surface area (Å²) in [7, 11) is 1.32. The Morgan fingerprint density at radius 3 is 2.33 bits per heavy atom. The van der Waals surface area contributed by atoms with E-state index in [-0.39, 0.29) is 17.9 Å². The van der Waals surface area contributed by atoms with Crippen LogP contribution in [0.1, 0.15) is 44.0 Å². The summed E-state index contributed by atoms with van der Waals surface area (Å²) in [4.78, 5) is 41.7. The molecule has 0 bridgehead atoms. The van der Waals surface area contributed by atoms with Gasteiger partial charge in [0.2, 0.25) is 0 Å². The second kappa shape index (κ2) is 8.41. The zero-order valence-corrected chi connectivity index (χ0v) is 16.7. The summed E-state index contributed by atoms with van der Waals surface area (Å²) in [5.41, 5.74) is 2.41. The Morgan fingerprint density at radius 1 is 1.00 bits per heavy atom. The number of rotatable bonds is 4. The zero-order valence-electron chi connectivity index (χ0n) is 16.7. The van der Waals surface area contributed by atoms with E-state index in [1.165, 1.54) is 7.11 Å². The lowest BCUT2D eigenvalue weighted by Crippen LogP contribution is -2.46. The molecule has 2 amide bonds. The van der Waals surface area contributed by atoms with Gasteiger partial charge in [0.25, 0.3) is 11.8 Å². The summed E-state index contributed by atoms with van der Waals surface area (Å²) in [5.74, 6) is -0.637. The van der Waals surface area contributed by atoms with Crippen LogP contribution in [-0.4, -0.2) is 53.9 Å². The third kappa shape index (κ3) is 4.05. The maximum absolute atomic E-state index is 12.7. The minimum atomic E-state index is -0.430. The number of piperidine rings is 1. The fourth-order valence-electron chi connectivity index (χ4n) is 3.74. The van der Waals surface area contributed by atoms with E-state index in [2.05, 4.69) is 15.0 Å². The van der Waals surface area contributed by atoms with E-state index in [4.69, 9.17) is 0 Å². The molecule has 0 saturated carbocycles. The number of fused-ring (bicyclic) bond motifs is 1. The fourth-order valence-corrected chi connectivity index (χ4v) is 3.74. The average molecular weight is 405 g/mol. The van der Waals surface area contributed by atoms with E-state index in [1.807, 2.05) is 30.3 Å². The molecule has 0 atom stereocenters. The minimum Gasteiger partial charge on any atom is -0.465 e. The van der Waals surface area contributed by atoms with E-state index in [0.717, 1.165) is 10.9 Å². The van der Waals surface area contributed by atoms with Crippen molar-refractivity contribution in [2.24, 2.45) is 0 Å². The van der Waals surface area contributed by atoms with Gasteiger partial charge in [-0.15, -0.1) is 0 Å². The maximum atomic E-state index is 12.7. The Labute approximate surface area is 174 Å². The summed E-state index contributed by atoms with van der Waals surface area (Å²) >= 11 is 0. The number of esters is 1. The molecule has 154 valence electrons. The highest BCUT2D eigenvalue weighted by Gasteiger charge is 2.25. The van der Waals surface area contributed by atoms with Crippen LogP contribution < -0.4 is 5.32 Å². The summed E-state index contributed by atoms with van der Waals surface area (Å²) in [6.07, 6.45) is 1.38. The molecule has 0 spiro atoms. The SMILES string of the molecule is COC(=O)c1ccc(C(=O)N2CCC(NC(=O)c3cc4ccccc4[nH]3)CC2)cc1. The predicted molar refractivity (Wildman–Crippen MR) is 112 cm³/mol. The summed E-state index contributed by atoms with van der Waals surface area (Å²) in [5, 5.41) is 4.06. The first-order valence-corrected chi connectivity index (χ1v) is 9.91. The number of nitrogens with zero attached hydrogens (tertiary/aromatic N) is 1. The standard InChI is InChI=1S/C23H23N3O4/c1-30-23(29)16-8-6-15(7-9-16)22(28)26-12-10-18(11-13-26)24-21(27)20-14-17-4-2-3-5-19(17)25-20/h2-9,14,18,25H,10-13H2,1H3,(H,24,27).